The zero-order chi connectivity index (χ0) is 14.5. The lowest BCUT2D eigenvalue weighted by Gasteiger charge is -2.22. The van der Waals surface area contributed by atoms with Gasteiger partial charge in [0.1, 0.15) is 11.6 Å². The fourth-order valence-corrected chi connectivity index (χ4v) is 3.21. The first-order chi connectivity index (χ1) is 9.61. The zero-order valence-corrected chi connectivity index (χ0v) is 13.7. The van der Waals surface area contributed by atoms with Gasteiger partial charge in [0.2, 0.25) is 0 Å². The van der Waals surface area contributed by atoms with E-state index in [0.717, 1.165) is 24.7 Å². The minimum atomic E-state index is 0.391. The van der Waals surface area contributed by atoms with E-state index in [0.29, 0.717) is 21.9 Å². The Morgan fingerprint density at radius 3 is 2.55 bits per heavy atom. The summed E-state index contributed by atoms with van der Waals surface area (Å²) in [6, 6.07) is 2.15. The van der Waals surface area contributed by atoms with Gasteiger partial charge in [0, 0.05) is 12.6 Å². The summed E-state index contributed by atoms with van der Waals surface area (Å²) in [4.78, 5) is 4.53. The molecule has 0 aromatic carbocycles. The van der Waals surface area contributed by atoms with Crippen molar-refractivity contribution < 1.29 is 0 Å². The molecule has 1 aliphatic rings. The highest BCUT2D eigenvalue weighted by Crippen LogP contribution is 2.33. The van der Waals surface area contributed by atoms with E-state index >= 15 is 0 Å². The number of hydrogen-bond donors (Lipinski definition) is 2. The second-order valence-electron chi connectivity index (χ2n) is 5.55. The van der Waals surface area contributed by atoms with Crippen LogP contribution in [0.25, 0.3) is 0 Å². The van der Waals surface area contributed by atoms with E-state index in [1.165, 1.54) is 25.7 Å². The van der Waals surface area contributed by atoms with Gasteiger partial charge in [-0.25, -0.2) is 4.98 Å². The van der Waals surface area contributed by atoms with Gasteiger partial charge < -0.3 is 10.6 Å². The number of aromatic nitrogens is 1. The van der Waals surface area contributed by atoms with E-state index in [1.54, 1.807) is 6.07 Å². The third-order valence-corrected chi connectivity index (χ3v) is 4.52. The van der Waals surface area contributed by atoms with Gasteiger partial charge in [-0.05, 0) is 38.2 Å². The normalized spacial score (nSPS) is 17.2. The molecule has 1 heterocycles. The Hall–Kier alpha value is -0.670. The van der Waals surface area contributed by atoms with Crippen LogP contribution in [0, 0.1) is 5.92 Å². The van der Waals surface area contributed by atoms with Gasteiger partial charge in [-0.3, -0.25) is 0 Å². The monoisotopic (exact) mass is 315 g/mol. The van der Waals surface area contributed by atoms with Crippen molar-refractivity contribution in [2.45, 2.75) is 52.0 Å². The molecule has 1 saturated carbocycles. The van der Waals surface area contributed by atoms with Crippen molar-refractivity contribution in [2.75, 3.05) is 17.2 Å². The molecule has 0 aliphatic heterocycles. The molecule has 20 heavy (non-hydrogen) atoms. The molecule has 1 aliphatic carbocycles. The third-order valence-electron chi connectivity index (χ3n) is 3.94. The van der Waals surface area contributed by atoms with Gasteiger partial charge in [0.25, 0.3) is 0 Å². The lowest BCUT2D eigenvalue weighted by atomic mass is 10.00. The number of pyridine rings is 1. The molecule has 1 aromatic rings. The van der Waals surface area contributed by atoms with E-state index in [4.69, 9.17) is 23.2 Å². The van der Waals surface area contributed by atoms with Crippen LogP contribution in [0.4, 0.5) is 11.6 Å². The number of halogens is 2. The first-order valence-electron chi connectivity index (χ1n) is 7.48. The Bertz CT molecular complexity index is 445. The number of nitrogens with one attached hydrogen (secondary N) is 2. The minimum absolute atomic E-state index is 0.391. The van der Waals surface area contributed by atoms with E-state index in [9.17, 15) is 0 Å². The van der Waals surface area contributed by atoms with Gasteiger partial charge in [0.05, 0.1) is 10.0 Å². The van der Waals surface area contributed by atoms with Crippen molar-refractivity contribution in [1.29, 1.82) is 0 Å². The fourth-order valence-electron chi connectivity index (χ4n) is 2.73. The van der Waals surface area contributed by atoms with E-state index in [-0.39, 0.29) is 0 Å². The molecule has 2 N–H and O–H groups in total. The first kappa shape index (κ1) is 15.7. The molecule has 5 heteroatoms. The molecule has 0 saturated heterocycles. The van der Waals surface area contributed by atoms with Crippen LogP contribution >= 0.6 is 23.2 Å². The van der Waals surface area contributed by atoms with Crippen LogP contribution < -0.4 is 10.6 Å². The second-order valence-corrected chi connectivity index (χ2v) is 6.37. The Kier molecular flexibility index (Phi) is 5.79. The number of nitrogens with zero attached hydrogens (tertiary/aromatic N) is 1. The summed E-state index contributed by atoms with van der Waals surface area (Å²) in [6.45, 7) is 5.17. The SMILES string of the molecule is CCCNc1nc(NC(C)C2CCCC2)c(Cl)cc1Cl. The number of rotatable bonds is 6. The summed E-state index contributed by atoms with van der Waals surface area (Å²) in [6.07, 6.45) is 6.28. The summed E-state index contributed by atoms with van der Waals surface area (Å²) in [5.74, 6) is 2.16. The van der Waals surface area contributed by atoms with Crippen LogP contribution in [0.5, 0.6) is 0 Å². The molecule has 112 valence electrons. The maximum Gasteiger partial charge on any atom is 0.147 e. The lowest BCUT2D eigenvalue weighted by molar-refractivity contribution is 0.481. The molecule has 2 rings (SSSR count). The van der Waals surface area contributed by atoms with Crippen molar-refractivity contribution in [3.05, 3.63) is 16.1 Å². The summed E-state index contributed by atoms with van der Waals surface area (Å²) in [5, 5.41) is 7.84. The molecule has 0 radical (unpaired) electrons. The fraction of sp³-hybridized carbons (Fsp3) is 0.667. The largest absolute Gasteiger partial charge is 0.369 e. The van der Waals surface area contributed by atoms with Gasteiger partial charge in [-0.2, -0.15) is 0 Å². The van der Waals surface area contributed by atoms with E-state index in [2.05, 4.69) is 29.5 Å². The molecule has 3 nitrogen and oxygen atoms in total. The first-order valence-corrected chi connectivity index (χ1v) is 8.23. The molecule has 1 atom stereocenters. The molecule has 1 aromatic heterocycles. The average molecular weight is 316 g/mol. The highest BCUT2D eigenvalue weighted by molar-refractivity contribution is 6.37. The standard InChI is InChI=1S/C15H23Cl2N3/c1-3-8-18-14-12(16)9-13(17)15(20-14)19-10(2)11-6-4-5-7-11/h9-11H,3-8H2,1-2H3,(H2,18,19,20). The summed E-state index contributed by atoms with van der Waals surface area (Å²) >= 11 is 12.4. The smallest absolute Gasteiger partial charge is 0.147 e. The Labute approximate surface area is 131 Å². The molecular formula is C15H23Cl2N3. The molecule has 0 bridgehead atoms. The van der Waals surface area contributed by atoms with Crippen molar-refractivity contribution in [3.63, 3.8) is 0 Å². The van der Waals surface area contributed by atoms with Gasteiger partial charge in [-0.15, -0.1) is 0 Å². The van der Waals surface area contributed by atoms with Crippen LogP contribution in [-0.2, 0) is 0 Å². The average Bonchev–Trinajstić information content (AvgIpc) is 2.94. The van der Waals surface area contributed by atoms with Crippen LogP contribution in [0.3, 0.4) is 0 Å². The molecule has 1 fully saturated rings. The predicted molar refractivity (Wildman–Crippen MR) is 88.1 cm³/mol. The number of hydrogen-bond acceptors (Lipinski definition) is 3. The Balaban J connectivity index is 2.09. The van der Waals surface area contributed by atoms with E-state index < -0.39 is 0 Å². The van der Waals surface area contributed by atoms with Crippen molar-refractivity contribution >= 4 is 34.8 Å². The molecule has 1 unspecified atom stereocenters. The van der Waals surface area contributed by atoms with Crippen molar-refractivity contribution in [1.82, 2.24) is 4.98 Å². The predicted octanol–water partition coefficient (Wildman–Crippen LogP) is 5.20. The summed E-state index contributed by atoms with van der Waals surface area (Å²) in [7, 11) is 0. The molecule has 0 spiro atoms. The lowest BCUT2D eigenvalue weighted by Crippen LogP contribution is -2.24. The quantitative estimate of drug-likeness (QED) is 0.757. The van der Waals surface area contributed by atoms with Crippen LogP contribution in [-0.4, -0.2) is 17.6 Å². The second kappa shape index (κ2) is 7.37. The maximum absolute atomic E-state index is 6.25. The van der Waals surface area contributed by atoms with Crippen LogP contribution in [0.2, 0.25) is 10.0 Å². The van der Waals surface area contributed by atoms with Crippen LogP contribution in [0.15, 0.2) is 6.07 Å². The third kappa shape index (κ3) is 3.92. The number of anilines is 2. The van der Waals surface area contributed by atoms with Gasteiger partial charge in [0.15, 0.2) is 0 Å². The zero-order valence-electron chi connectivity index (χ0n) is 12.2. The Morgan fingerprint density at radius 2 is 1.90 bits per heavy atom. The highest BCUT2D eigenvalue weighted by atomic mass is 35.5. The molecule has 0 amide bonds. The minimum Gasteiger partial charge on any atom is -0.369 e. The van der Waals surface area contributed by atoms with Crippen molar-refractivity contribution in [3.8, 4) is 0 Å². The topological polar surface area (TPSA) is 37.0 Å². The Morgan fingerprint density at radius 1 is 1.25 bits per heavy atom. The van der Waals surface area contributed by atoms with Crippen LogP contribution in [0.1, 0.15) is 46.0 Å². The molecular weight excluding hydrogens is 293 g/mol. The van der Waals surface area contributed by atoms with Crippen molar-refractivity contribution in [2.24, 2.45) is 5.92 Å². The summed E-state index contributed by atoms with van der Waals surface area (Å²) < 4.78 is 0. The van der Waals surface area contributed by atoms with E-state index in [1.807, 2.05) is 0 Å². The maximum atomic E-state index is 6.25. The summed E-state index contributed by atoms with van der Waals surface area (Å²) in [5.41, 5.74) is 0. The highest BCUT2D eigenvalue weighted by Gasteiger charge is 2.22. The van der Waals surface area contributed by atoms with Gasteiger partial charge >= 0.3 is 0 Å². The van der Waals surface area contributed by atoms with Gasteiger partial charge in [-0.1, -0.05) is 43.0 Å².